The zero-order valence-corrected chi connectivity index (χ0v) is 17.1. The van der Waals surface area contributed by atoms with Gasteiger partial charge in [0.25, 0.3) is 0 Å². The van der Waals surface area contributed by atoms with Crippen molar-refractivity contribution in [3.8, 4) is 0 Å². The summed E-state index contributed by atoms with van der Waals surface area (Å²) in [5.41, 5.74) is 3.95. The second-order valence-electron chi connectivity index (χ2n) is 6.53. The third-order valence-corrected chi connectivity index (χ3v) is 3.99. The average molecular weight is 368 g/mol. The number of allylic oxidation sites excluding steroid dienone is 5. The normalized spacial score (nSPS) is 13.2. The van der Waals surface area contributed by atoms with Gasteiger partial charge >= 0.3 is 5.97 Å². The van der Waals surface area contributed by atoms with E-state index in [1.807, 2.05) is 13.0 Å². The minimum absolute atomic E-state index is 0.220. The number of hydrogen-bond acceptors (Lipinski definition) is 4. The van der Waals surface area contributed by atoms with E-state index in [0.717, 1.165) is 25.7 Å². The number of thiol groups is 1. The highest BCUT2D eigenvalue weighted by atomic mass is 32.1. The van der Waals surface area contributed by atoms with Gasteiger partial charge in [0.2, 0.25) is 5.91 Å². The molecule has 0 aromatic rings. The molecule has 0 aromatic heterocycles. The summed E-state index contributed by atoms with van der Waals surface area (Å²) in [5, 5.41) is 2.52. The van der Waals surface area contributed by atoms with Gasteiger partial charge in [-0.25, -0.2) is 4.79 Å². The van der Waals surface area contributed by atoms with E-state index in [0.29, 0.717) is 0 Å². The second-order valence-corrected chi connectivity index (χ2v) is 6.89. The lowest BCUT2D eigenvalue weighted by Crippen LogP contribution is -2.42. The zero-order chi connectivity index (χ0) is 19.2. The first-order valence-electron chi connectivity index (χ1n) is 8.75. The Morgan fingerprint density at radius 2 is 1.52 bits per heavy atom. The van der Waals surface area contributed by atoms with Crippen LogP contribution in [0.15, 0.2) is 34.9 Å². The molecule has 25 heavy (non-hydrogen) atoms. The van der Waals surface area contributed by atoms with Crippen LogP contribution < -0.4 is 5.32 Å². The summed E-state index contributed by atoms with van der Waals surface area (Å²) in [6.45, 7) is 10.0. The van der Waals surface area contributed by atoms with Crippen LogP contribution in [-0.4, -0.2) is 30.3 Å². The highest BCUT2D eigenvalue weighted by Gasteiger charge is 2.18. The average Bonchev–Trinajstić information content (AvgIpc) is 2.51. The monoisotopic (exact) mass is 367 g/mol. The van der Waals surface area contributed by atoms with Crippen LogP contribution in [0.4, 0.5) is 0 Å². The van der Waals surface area contributed by atoms with Crippen molar-refractivity contribution in [1.82, 2.24) is 5.32 Å². The quantitative estimate of drug-likeness (QED) is 0.324. The summed E-state index contributed by atoms with van der Waals surface area (Å²) < 4.78 is 5.17. The number of ether oxygens (including phenoxy) is 1. The number of carbonyl (C=O) groups is 2. The fourth-order valence-corrected chi connectivity index (χ4v) is 2.37. The molecule has 0 heterocycles. The van der Waals surface area contributed by atoms with E-state index in [1.165, 1.54) is 23.6 Å². The Hall–Kier alpha value is -1.49. The van der Waals surface area contributed by atoms with E-state index in [4.69, 9.17) is 4.74 Å². The van der Waals surface area contributed by atoms with Gasteiger partial charge in [-0.3, -0.25) is 4.79 Å². The molecule has 0 bridgehead atoms. The minimum atomic E-state index is -0.694. The maximum Gasteiger partial charge on any atom is 0.329 e. The van der Waals surface area contributed by atoms with Crippen LogP contribution in [0.25, 0.3) is 0 Å². The predicted octanol–water partition coefficient (Wildman–Crippen LogP) is 4.38. The summed E-state index contributed by atoms with van der Waals surface area (Å²) >= 11 is 4.05. The first-order valence-corrected chi connectivity index (χ1v) is 9.38. The van der Waals surface area contributed by atoms with E-state index in [9.17, 15) is 9.59 Å². The molecule has 0 saturated heterocycles. The maximum atomic E-state index is 11.8. The SMILES string of the molecule is CC(=O)N[C@@H](CS)C(=O)OCC=C(C)CCC=C(C)CCC=C(C)C. The van der Waals surface area contributed by atoms with Gasteiger partial charge in [0.15, 0.2) is 0 Å². The summed E-state index contributed by atoms with van der Waals surface area (Å²) in [7, 11) is 0. The predicted molar refractivity (Wildman–Crippen MR) is 108 cm³/mol. The fraction of sp³-hybridized carbons (Fsp3) is 0.600. The van der Waals surface area contributed by atoms with Crippen LogP contribution in [0, 0.1) is 0 Å². The molecule has 1 atom stereocenters. The largest absolute Gasteiger partial charge is 0.460 e. The smallest absolute Gasteiger partial charge is 0.329 e. The van der Waals surface area contributed by atoms with Crippen LogP contribution >= 0.6 is 12.6 Å². The van der Waals surface area contributed by atoms with Gasteiger partial charge < -0.3 is 10.1 Å². The molecule has 0 radical (unpaired) electrons. The van der Waals surface area contributed by atoms with Crippen molar-refractivity contribution in [2.24, 2.45) is 0 Å². The van der Waals surface area contributed by atoms with Crippen molar-refractivity contribution in [3.63, 3.8) is 0 Å². The molecule has 1 amide bonds. The number of amides is 1. The van der Waals surface area contributed by atoms with E-state index in [-0.39, 0.29) is 18.3 Å². The zero-order valence-electron chi connectivity index (χ0n) is 16.2. The first-order chi connectivity index (χ1) is 11.8. The molecule has 0 rings (SSSR count). The Labute approximate surface area is 158 Å². The number of hydrogen-bond donors (Lipinski definition) is 2. The molecule has 0 saturated carbocycles. The Morgan fingerprint density at radius 3 is 2.04 bits per heavy atom. The molecule has 0 unspecified atom stereocenters. The highest BCUT2D eigenvalue weighted by molar-refractivity contribution is 7.80. The third-order valence-electron chi connectivity index (χ3n) is 3.62. The van der Waals surface area contributed by atoms with Crippen molar-refractivity contribution >= 4 is 24.5 Å². The Balaban J connectivity index is 4.14. The van der Waals surface area contributed by atoms with Gasteiger partial charge in [0, 0.05) is 12.7 Å². The molecule has 4 nitrogen and oxygen atoms in total. The van der Waals surface area contributed by atoms with Crippen LogP contribution in [0.1, 0.15) is 60.3 Å². The molecular formula is C20H33NO3S. The molecular weight excluding hydrogens is 334 g/mol. The molecule has 0 fully saturated rings. The molecule has 0 aliphatic carbocycles. The Bertz CT molecular complexity index is 517. The number of rotatable bonds is 11. The maximum absolute atomic E-state index is 11.8. The van der Waals surface area contributed by atoms with E-state index in [2.05, 4.69) is 50.9 Å². The number of esters is 1. The van der Waals surface area contributed by atoms with Gasteiger partial charge in [-0.05, 0) is 59.5 Å². The van der Waals surface area contributed by atoms with Crippen molar-refractivity contribution in [2.75, 3.05) is 12.4 Å². The summed E-state index contributed by atoms with van der Waals surface area (Å²) in [6, 6.07) is -0.694. The Morgan fingerprint density at radius 1 is 0.960 bits per heavy atom. The molecule has 1 N–H and O–H groups in total. The number of nitrogens with one attached hydrogen (secondary N) is 1. The van der Waals surface area contributed by atoms with Gasteiger partial charge in [0.05, 0.1) is 0 Å². The van der Waals surface area contributed by atoms with Crippen LogP contribution in [-0.2, 0) is 14.3 Å². The fourth-order valence-electron chi connectivity index (χ4n) is 2.13. The van der Waals surface area contributed by atoms with E-state index >= 15 is 0 Å². The molecule has 142 valence electrons. The molecule has 5 heteroatoms. The van der Waals surface area contributed by atoms with Crippen LogP contribution in [0.5, 0.6) is 0 Å². The third kappa shape index (κ3) is 13.5. The first kappa shape index (κ1) is 23.5. The lowest BCUT2D eigenvalue weighted by molar-refractivity contribution is -0.145. The lowest BCUT2D eigenvalue weighted by Gasteiger charge is -2.13. The minimum Gasteiger partial charge on any atom is -0.460 e. The molecule has 0 spiro atoms. The van der Waals surface area contributed by atoms with Crippen LogP contribution in [0.3, 0.4) is 0 Å². The van der Waals surface area contributed by atoms with Crippen molar-refractivity contribution in [3.05, 3.63) is 34.9 Å². The van der Waals surface area contributed by atoms with Crippen molar-refractivity contribution in [1.29, 1.82) is 0 Å². The molecule has 0 aliphatic heterocycles. The lowest BCUT2D eigenvalue weighted by atomic mass is 10.1. The molecule has 0 aromatic carbocycles. The second kappa shape index (κ2) is 13.8. The van der Waals surface area contributed by atoms with Gasteiger partial charge in [0.1, 0.15) is 12.6 Å². The standard InChI is InChI=1S/C20H33NO3S/c1-15(2)8-6-9-16(3)10-7-11-17(4)12-13-24-20(23)19(14-25)21-18(5)22/h8,10,12,19,25H,6-7,9,11,13-14H2,1-5H3,(H,21,22)/t19-/m0/s1. The van der Waals surface area contributed by atoms with Gasteiger partial charge in [-0.2, -0.15) is 12.6 Å². The topological polar surface area (TPSA) is 55.4 Å². The van der Waals surface area contributed by atoms with Crippen LogP contribution in [0.2, 0.25) is 0 Å². The highest BCUT2D eigenvalue weighted by Crippen LogP contribution is 2.11. The summed E-state index contributed by atoms with van der Waals surface area (Å²) in [6.07, 6.45) is 10.6. The van der Waals surface area contributed by atoms with Crippen molar-refractivity contribution < 1.29 is 14.3 Å². The molecule has 0 aliphatic rings. The van der Waals surface area contributed by atoms with Gasteiger partial charge in [-0.1, -0.05) is 28.9 Å². The van der Waals surface area contributed by atoms with Gasteiger partial charge in [-0.15, -0.1) is 0 Å². The summed E-state index contributed by atoms with van der Waals surface area (Å²) in [5.74, 6) is -0.503. The number of carbonyl (C=O) groups excluding carboxylic acids is 2. The summed E-state index contributed by atoms with van der Waals surface area (Å²) in [4.78, 5) is 22.8. The Kier molecular flexibility index (Phi) is 12.9. The van der Waals surface area contributed by atoms with Crippen molar-refractivity contribution in [2.45, 2.75) is 66.3 Å². The van der Waals surface area contributed by atoms with E-state index in [1.54, 1.807) is 0 Å². The van der Waals surface area contributed by atoms with E-state index < -0.39 is 12.0 Å².